The number of piperidine rings is 1. The lowest BCUT2D eigenvalue weighted by Crippen LogP contribution is -2.54. The van der Waals surface area contributed by atoms with Crippen molar-refractivity contribution in [2.45, 2.75) is 49.7 Å². The van der Waals surface area contributed by atoms with Gasteiger partial charge in [0.1, 0.15) is 12.5 Å². The van der Waals surface area contributed by atoms with E-state index in [1.54, 1.807) is 0 Å². The van der Waals surface area contributed by atoms with Crippen molar-refractivity contribution in [3.8, 4) is 0 Å². The summed E-state index contributed by atoms with van der Waals surface area (Å²) in [7, 11) is 0. The summed E-state index contributed by atoms with van der Waals surface area (Å²) in [4.78, 5) is 45.1. The van der Waals surface area contributed by atoms with Gasteiger partial charge in [-0.25, -0.2) is 23.4 Å². The summed E-state index contributed by atoms with van der Waals surface area (Å²) in [6.45, 7) is -17.0. The number of halogens is 5. The van der Waals surface area contributed by atoms with Gasteiger partial charge < -0.3 is 15.1 Å². The molecule has 2 saturated heterocycles. The predicted molar refractivity (Wildman–Crippen MR) is 133 cm³/mol. The molecule has 3 aromatic rings. The number of hydrogen-bond donors (Lipinski definition) is 2. The molecule has 0 radical (unpaired) electrons. The highest BCUT2D eigenvalue weighted by molar-refractivity contribution is 5.87. The Morgan fingerprint density at radius 1 is 1.18 bits per heavy atom. The number of H-pyrrole nitrogens is 1. The van der Waals surface area contributed by atoms with Gasteiger partial charge in [-0.3, -0.25) is 14.3 Å². The van der Waals surface area contributed by atoms with E-state index in [1.807, 2.05) is 0 Å². The minimum atomic E-state index is -6.42. The standard InChI is InChI=1S/C26H27F5N6O3/c27-18-4-1-3-17(21(18)28)15-6-7-19(23(38)36(13-15)14-26(29,30)31)33-24(39)35-11-8-16(9-12-35)37-20-5-2-10-32-22(20)34-25(37)40/h1-5,10,15-16,19H,6-9,11-14H2,(H,33,39)(H,32,34,40)/t15-,19-/m1/s1/i6D2,7D2,11D2,12D2,13D2,14D2,15D,19D. The Morgan fingerprint density at radius 2 is 1.93 bits per heavy atom. The fourth-order valence-electron chi connectivity index (χ4n) is 3.93. The summed E-state index contributed by atoms with van der Waals surface area (Å²) in [6.07, 6.45) is -16.6. The van der Waals surface area contributed by atoms with Crippen molar-refractivity contribution in [3.63, 3.8) is 0 Å². The maximum Gasteiger partial charge on any atom is 0.406 e. The molecule has 9 nitrogen and oxygen atoms in total. The van der Waals surface area contributed by atoms with Crippen molar-refractivity contribution >= 4 is 23.1 Å². The zero-order chi connectivity index (χ0) is 41.2. The molecule has 2 N–H and O–H groups in total. The number of rotatable bonds is 4. The van der Waals surface area contributed by atoms with Crippen LogP contribution in [0.25, 0.3) is 11.2 Å². The molecule has 3 amide bonds. The van der Waals surface area contributed by atoms with Crippen LogP contribution < -0.4 is 11.0 Å². The number of urea groups is 1. The fraction of sp³-hybridized carbons (Fsp3) is 0.462. The summed E-state index contributed by atoms with van der Waals surface area (Å²) >= 11 is 0. The number of nitrogens with one attached hydrogen (secondary N) is 2. The van der Waals surface area contributed by atoms with Crippen molar-refractivity contribution in [1.29, 1.82) is 0 Å². The van der Waals surface area contributed by atoms with E-state index in [0.717, 1.165) is 9.88 Å². The van der Waals surface area contributed by atoms with Crippen molar-refractivity contribution in [1.82, 2.24) is 29.7 Å². The smallest absolute Gasteiger partial charge is 0.331 e. The van der Waals surface area contributed by atoms with Crippen LogP contribution in [0.4, 0.5) is 26.7 Å². The molecule has 0 saturated carbocycles. The highest BCUT2D eigenvalue weighted by atomic mass is 19.4. The van der Waals surface area contributed by atoms with Gasteiger partial charge in [0.15, 0.2) is 17.3 Å². The second-order valence-corrected chi connectivity index (χ2v) is 8.28. The van der Waals surface area contributed by atoms with Gasteiger partial charge in [0.05, 0.1) is 12.4 Å². The molecule has 0 aliphatic carbocycles. The minimum absolute atomic E-state index is 0.00931. The van der Waals surface area contributed by atoms with E-state index in [-0.39, 0.29) is 22.1 Å². The van der Waals surface area contributed by atoms with Crippen LogP contribution in [0.2, 0.25) is 0 Å². The molecule has 2 aliphatic heterocycles. The van der Waals surface area contributed by atoms with Crippen molar-refractivity contribution in [2.24, 2.45) is 0 Å². The molecule has 40 heavy (non-hydrogen) atoms. The number of nitrogens with zero attached hydrogens (tertiary/aromatic N) is 4. The van der Waals surface area contributed by atoms with E-state index in [2.05, 4.69) is 9.97 Å². The van der Waals surface area contributed by atoms with E-state index in [1.165, 1.54) is 18.3 Å². The molecule has 2 atom stereocenters. The lowest BCUT2D eigenvalue weighted by atomic mass is 9.93. The molecule has 214 valence electrons. The van der Waals surface area contributed by atoms with Crippen molar-refractivity contribution in [2.75, 3.05) is 26.0 Å². The summed E-state index contributed by atoms with van der Waals surface area (Å²) in [5, 5.41) is 1.14. The van der Waals surface area contributed by atoms with E-state index < -0.39 is 115 Å². The molecule has 4 heterocycles. The van der Waals surface area contributed by atoms with E-state index in [9.17, 15) is 31.9 Å². The first-order valence-electron chi connectivity index (χ1n) is 18.3. The molecule has 14 heteroatoms. The van der Waals surface area contributed by atoms with Crippen molar-refractivity contribution < 1.29 is 50.7 Å². The lowest BCUT2D eigenvalue weighted by Gasteiger charge is -2.34. The topological polar surface area (TPSA) is 103 Å². The number of carbonyl (C=O) groups excluding carboxylic acids is 2. The Bertz CT molecular complexity index is 2080. The molecule has 0 spiro atoms. The average Bonchev–Trinajstić information content (AvgIpc) is 3.34. The fourth-order valence-corrected chi connectivity index (χ4v) is 3.93. The number of benzene rings is 1. The maximum atomic E-state index is 15.3. The van der Waals surface area contributed by atoms with Crippen LogP contribution >= 0.6 is 0 Å². The van der Waals surface area contributed by atoms with Gasteiger partial charge in [0.2, 0.25) is 5.91 Å². The largest absolute Gasteiger partial charge is 0.406 e. The molecule has 2 fully saturated rings. The number of likely N-dealkylation sites (tertiary alicyclic amines) is 2. The van der Waals surface area contributed by atoms with E-state index >= 15 is 4.39 Å². The predicted octanol–water partition coefficient (Wildman–Crippen LogP) is 3.69. The molecular weight excluding hydrogens is 539 g/mol. The van der Waals surface area contributed by atoms with Crippen LogP contribution in [0.5, 0.6) is 0 Å². The third kappa shape index (κ3) is 5.65. The Hall–Kier alpha value is -3.97. The van der Waals surface area contributed by atoms with E-state index in [0.29, 0.717) is 12.1 Å². The van der Waals surface area contributed by atoms with Gasteiger partial charge in [-0.2, -0.15) is 13.2 Å². The highest BCUT2D eigenvalue weighted by Gasteiger charge is 2.40. The third-order valence-electron chi connectivity index (χ3n) is 5.67. The Labute approximate surface area is 244 Å². The number of aromatic amines is 1. The molecule has 0 bridgehead atoms. The summed E-state index contributed by atoms with van der Waals surface area (Å²) in [6, 6.07) is -4.70. The summed E-state index contributed by atoms with van der Waals surface area (Å²) < 4.78 is 193. The Balaban J connectivity index is 1.70. The van der Waals surface area contributed by atoms with Crippen LogP contribution in [0.1, 0.15) is 62.3 Å². The van der Waals surface area contributed by atoms with Crippen LogP contribution in [0.15, 0.2) is 41.3 Å². The summed E-state index contributed by atoms with van der Waals surface area (Å²) in [5.74, 6) is -12.1. The number of hydrogen-bond acceptors (Lipinski definition) is 4. The normalized spacial score (nSPS) is 36.6. The number of amides is 3. The molecule has 0 unspecified atom stereocenters. The van der Waals surface area contributed by atoms with Crippen molar-refractivity contribution in [3.05, 3.63) is 64.2 Å². The number of aromatic nitrogens is 3. The number of imidazole rings is 1. The first-order chi connectivity index (χ1) is 24.3. The van der Waals surface area contributed by atoms with Crippen LogP contribution in [-0.2, 0) is 4.79 Å². The zero-order valence-electron chi connectivity index (χ0n) is 33.9. The van der Waals surface area contributed by atoms with Gasteiger partial charge in [-0.1, -0.05) is 12.1 Å². The SMILES string of the molecule is [2H]C1([2H])CC(n2c(=O)[nH]c3ncccc32)CC([2H])([2H])N1C(=O)N[C@@]1([2H])C(=O)N(C([2H])([2H])C(F)(F)F)C([2H])([2H])[C@]([2H])(c2cccc(F)c2F)C([2H])([2H])C1([2H])[2H]. The highest BCUT2D eigenvalue weighted by Crippen LogP contribution is 2.32. The zero-order valence-corrected chi connectivity index (χ0v) is 19.9. The molecule has 5 rings (SSSR count). The molecule has 2 aromatic heterocycles. The molecule has 2 aliphatic rings. The van der Waals surface area contributed by atoms with Gasteiger partial charge in [-0.15, -0.1) is 0 Å². The van der Waals surface area contributed by atoms with Crippen LogP contribution in [0.3, 0.4) is 0 Å². The third-order valence-corrected chi connectivity index (χ3v) is 5.67. The van der Waals surface area contributed by atoms with Gasteiger partial charge >= 0.3 is 17.9 Å². The van der Waals surface area contributed by atoms with Crippen LogP contribution in [-0.4, -0.2) is 74.5 Å². The first-order valence-corrected chi connectivity index (χ1v) is 11.3. The van der Waals surface area contributed by atoms with Gasteiger partial charge in [-0.05, 0) is 49.4 Å². The maximum absolute atomic E-state index is 15.3. The first kappa shape index (κ1) is 15.1. The second kappa shape index (κ2) is 10.9. The monoisotopic (exact) mass is 580 g/mol. The number of pyridine rings is 1. The Kier molecular flexibility index (Phi) is 4.12. The van der Waals surface area contributed by atoms with Gasteiger partial charge in [0, 0.05) is 50.0 Å². The van der Waals surface area contributed by atoms with E-state index in [4.69, 9.17) is 19.2 Å². The van der Waals surface area contributed by atoms with Gasteiger partial charge in [0.25, 0.3) is 0 Å². The minimum Gasteiger partial charge on any atom is -0.331 e. The molecular formula is C26H27F5N6O3. The number of carbonyl (C=O) groups is 2. The average molecular weight is 581 g/mol. The quantitative estimate of drug-likeness (QED) is 0.460. The second-order valence-electron chi connectivity index (χ2n) is 8.28. The Morgan fingerprint density at radius 3 is 2.65 bits per heavy atom. The number of alkyl halides is 3. The lowest BCUT2D eigenvalue weighted by molar-refractivity contribution is -0.162. The number of fused-ring (bicyclic) bond motifs is 1. The molecule has 1 aromatic carbocycles. The summed E-state index contributed by atoms with van der Waals surface area (Å²) in [5.41, 5.74) is -2.69. The van der Waals surface area contributed by atoms with Crippen LogP contribution in [0, 0.1) is 11.6 Å².